The second kappa shape index (κ2) is 20.6. The summed E-state index contributed by atoms with van der Waals surface area (Å²) >= 11 is 0. The fourth-order valence-corrected chi connectivity index (χ4v) is 7.59. The van der Waals surface area contributed by atoms with Crippen molar-refractivity contribution in [3.8, 4) is 0 Å². The number of hydrogen-bond acceptors (Lipinski definition) is 7. The Hall–Kier alpha value is -1.67. The van der Waals surface area contributed by atoms with Crippen molar-refractivity contribution >= 4 is 17.9 Å². The van der Waals surface area contributed by atoms with Crippen molar-refractivity contribution < 1.29 is 29.0 Å². The quantitative estimate of drug-likeness (QED) is 0.0936. The van der Waals surface area contributed by atoms with E-state index < -0.39 is 5.97 Å². The minimum Gasteiger partial charge on any atom is -0.481 e. The monoisotopic (exact) mass is 653 g/mol. The predicted octanol–water partition coefficient (Wildman–Crippen LogP) is 9.02. The van der Waals surface area contributed by atoms with Gasteiger partial charge in [0.2, 0.25) is 0 Å². The van der Waals surface area contributed by atoms with Crippen LogP contribution in [0.3, 0.4) is 0 Å². The van der Waals surface area contributed by atoms with Crippen LogP contribution in [0.5, 0.6) is 0 Å². The second-order valence-corrected chi connectivity index (χ2v) is 16.7. The van der Waals surface area contributed by atoms with Crippen LogP contribution >= 0.6 is 0 Å². The molecule has 0 bridgehead atoms. The fourth-order valence-electron chi connectivity index (χ4n) is 7.59. The van der Waals surface area contributed by atoms with Crippen molar-refractivity contribution in [3.05, 3.63) is 0 Å². The Kier molecular flexibility index (Phi) is 19.0. The molecule has 3 N–H and O–H groups in total. The Bertz CT molecular complexity index is 808. The smallest absolute Gasteiger partial charge is 0.306 e. The van der Waals surface area contributed by atoms with Crippen molar-refractivity contribution in [2.45, 2.75) is 225 Å². The molecule has 0 atom stereocenters. The van der Waals surface area contributed by atoms with Gasteiger partial charge in [0.25, 0.3) is 0 Å². The van der Waals surface area contributed by atoms with Crippen LogP contribution in [0.1, 0.15) is 191 Å². The van der Waals surface area contributed by atoms with E-state index >= 15 is 0 Å². The maximum Gasteiger partial charge on any atom is 0.306 e. The second-order valence-electron chi connectivity index (χ2n) is 16.7. The lowest BCUT2D eigenvalue weighted by atomic mass is 9.81. The molecule has 8 heteroatoms. The van der Waals surface area contributed by atoms with Crippen molar-refractivity contribution in [3.63, 3.8) is 0 Å². The highest BCUT2D eigenvalue weighted by Gasteiger charge is 2.40. The normalized spacial score (nSPS) is 20.3. The molecule has 2 aliphatic heterocycles. The van der Waals surface area contributed by atoms with Gasteiger partial charge in [0.05, 0.1) is 0 Å². The average molecular weight is 653 g/mol. The van der Waals surface area contributed by atoms with E-state index in [-0.39, 0.29) is 46.3 Å². The Labute approximate surface area is 282 Å². The van der Waals surface area contributed by atoms with E-state index in [1.165, 1.54) is 32.1 Å². The summed E-state index contributed by atoms with van der Waals surface area (Å²) in [6.07, 6.45) is 19.1. The molecule has 46 heavy (non-hydrogen) atoms. The van der Waals surface area contributed by atoms with Crippen molar-refractivity contribution in [1.29, 1.82) is 0 Å². The van der Waals surface area contributed by atoms with E-state index in [9.17, 15) is 14.4 Å². The van der Waals surface area contributed by atoms with Gasteiger partial charge in [-0.05, 0) is 74.7 Å². The molecule has 8 nitrogen and oxygen atoms in total. The van der Waals surface area contributed by atoms with Crippen LogP contribution in [0.4, 0.5) is 0 Å². The molecule has 2 saturated heterocycles. The molecule has 0 unspecified atom stereocenters. The lowest BCUT2D eigenvalue weighted by molar-refractivity contribution is -0.154. The zero-order valence-electron chi connectivity index (χ0n) is 31.3. The summed E-state index contributed by atoms with van der Waals surface area (Å²) in [5.41, 5.74) is -0.0559. The van der Waals surface area contributed by atoms with Gasteiger partial charge in [0.15, 0.2) is 0 Å². The Morgan fingerprint density at radius 3 is 1.11 bits per heavy atom. The largest absolute Gasteiger partial charge is 0.481 e. The van der Waals surface area contributed by atoms with E-state index in [1.807, 2.05) is 0 Å². The summed E-state index contributed by atoms with van der Waals surface area (Å²) in [6.45, 7) is 19.6. The molecule has 270 valence electrons. The molecular formula is C38H72N2O6. The molecule has 0 radical (unpaired) electrons. The molecule has 0 aromatic heterocycles. The molecule has 0 aromatic carbocycles. The number of unbranched alkanes of at least 4 members (excludes halogenated alkanes) is 11. The first-order chi connectivity index (χ1) is 21.3. The van der Waals surface area contributed by atoms with Gasteiger partial charge in [-0.2, -0.15) is 0 Å². The maximum absolute atomic E-state index is 12.3. The number of ether oxygens (including phenoxy) is 2. The number of rotatable bonds is 19. The molecule has 2 rings (SSSR count). The number of aliphatic carboxylic acids is 1. The summed E-state index contributed by atoms with van der Waals surface area (Å²) < 4.78 is 11.6. The Morgan fingerprint density at radius 1 is 0.522 bits per heavy atom. The van der Waals surface area contributed by atoms with E-state index in [0.29, 0.717) is 19.3 Å². The molecule has 2 fully saturated rings. The Balaban J connectivity index is 0.000000745. The summed E-state index contributed by atoms with van der Waals surface area (Å²) in [7, 11) is 0. The average Bonchev–Trinajstić information content (AvgIpc) is 2.86. The predicted molar refractivity (Wildman–Crippen MR) is 188 cm³/mol. The molecule has 0 amide bonds. The number of carboxylic acid groups (broad SMARTS) is 1. The first kappa shape index (κ1) is 42.4. The zero-order valence-corrected chi connectivity index (χ0v) is 31.3. The number of piperidine rings is 2. The van der Waals surface area contributed by atoms with E-state index in [0.717, 1.165) is 77.0 Å². The Morgan fingerprint density at radius 2 is 0.804 bits per heavy atom. The van der Waals surface area contributed by atoms with Gasteiger partial charge in [-0.3, -0.25) is 14.4 Å². The molecule has 0 aromatic rings. The fraction of sp³-hybridized carbons (Fsp3) is 0.921. The third-order valence-electron chi connectivity index (χ3n) is 8.91. The van der Waals surface area contributed by atoms with Gasteiger partial charge in [-0.15, -0.1) is 0 Å². The molecule has 2 heterocycles. The lowest BCUT2D eigenvalue weighted by Crippen LogP contribution is -2.59. The van der Waals surface area contributed by atoms with Crippen LogP contribution in [0.25, 0.3) is 0 Å². The number of hydrogen-bond donors (Lipinski definition) is 3. The molecule has 2 aliphatic rings. The van der Waals surface area contributed by atoms with Crippen LogP contribution < -0.4 is 10.6 Å². The number of carbonyl (C=O) groups is 3. The SMILES string of the molecule is CC1(C)CC(OC(=O)CCCCCCCCC(=O)OC2CC(C)(C)NC(C)(C)C2)CC(C)(C)N1.CCCCCCCCCC(=O)O. The zero-order chi connectivity index (χ0) is 34.9. The van der Waals surface area contributed by atoms with E-state index in [2.05, 4.69) is 72.9 Å². The lowest BCUT2D eigenvalue weighted by Gasteiger charge is -2.46. The topological polar surface area (TPSA) is 114 Å². The summed E-state index contributed by atoms with van der Waals surface area (Å²) in [6, 6.07) is 0. The number of carboxylic acids is 1. The van der Waals surface area contributed by atoms with Gasteiger partial charge in [0.1, 0.15) is 12.2 Å². The standard InChI is InChI=1S/C28H52N2O4.C10H20O2/c1-25(2)17-21(18-26(3,4)29-25)33-23(31)15-13-11-9-10-12-14-16-24(32)34-22-19-27(5,6)30-28(7,8)20-22;1-2-3-4-5-6-7-8-9-10(11)12/h21-22,29-30H,9-20H2,1-8H3;2-9H2,1H3,(H,11,12). The summed E-state index contributed by atoms with van der Waals surface area (Å²) in [5.74, 6) is -0.792. The van der Waals surface area contributed by atoms with E-state index in [4.69, 9.17) is 14.6 Å². The first-order valence-corrected chi connectivity index (χ1v) is 18.5. The van der Waals surface area contributed by atoms with Gasteiger partial charge in [0, 0.05) is 67.1 Å². The van der Waals surface area contributed by atoms with Gasteiger partial charge < -0.3 is 25.2 Å². The number of esters is 2. The highest BCUT2D eigenvalue weighted by molar-refractivity contribution is 5.70. The minimum absolute atomic E-state index is 0.000484. The van der Waals surface area contributed by atoms with Gasteiger partial charge in [-0.25, -0.2) is 0 Å². The van der Waals surface area contributed by atoms with E-state index in [1.54, 1.807) is 0 Å². The van der Waals surface area contributed by atoms with Gasteiger partial charge >= 0.3 is 17.9 Å². The van der Waals surface area contributed by atoms with Gasteiger partial charge in [-0.1, -0.05) is 71.1 Å². The van der Waals surface area contributed by atoms with Crippen molar-refractivity contribution in [1.82, 2.24) is 10.6 Å². The molecule has 0 spiro atoms. The van der Waals surface area contributed by atoms with Crippen LogP contribution in [-0.2, 0) is 23.9 Å². The molecule has 0 aliphatic carbocycles. The first-order valence-electron chi connectivity index (χ1n) is 18.5. The molecular weight excluding hydrogens is 580 g/mol. The minimum atomic E-state index is -0.663. The number of nitrogens with one attached hydrogen (secondary N) is 2. The maximum atomic E-state index is 12.3. The molecule has 0 saturated carbocycles. The third-order valence-corrected chi connectivity index (χ3v) is 8.91. The third kappa shape index (κ3) is 21.3. The van der Waals surface area contributed by atoms with Crippen LogP contribution in [-0.4, -0.2) is 57.4 Å². The van der Waals surface area contributed by atoms with Crippen molar-refractivity contribution in [2.24, 2.45) is 0 Å². The summed E-state index contributed by atoms with van der Waals surface area (Å²) in [4.78, 5) is 34.7. The van der Waals surface area contributed by atoms with Crippen molar-refractivity contribution in [2.75, 3.05) is 0 Å². The highest BCUT2D eigenvalue weighted by Crippen LogP contribution is 2.32. The number of carbonyl (C=O) groups excluding carboxylic acids is 2. The van der Waals surface area contributed by atoms with Crippen LogP contribution in [0.2, 0.25) is 0 Å². The van der Waals surface area contributed by atoms with Crippen LogP contribution in [0, 0.1) is 0 Å². The highest BCUT2D eigenvalue weighted by atomic mass is 16.5. The summed E-state index contributed by atoms with van der Waals surface area (Å²) in [5, 5.41) is 15.6. The van der Waals surface area contributed by atoms with Crippen LogP contribution in [0.15, 0.2) is 0 Å².